The van der Waals surface area contributed by atoms with Crippen LogP contribution in [0.25, 0.3) is 22.6 Å². The molecule has 0 spiro atoms. The van der Waals surface area contributed by atoms with Crippen molar-refractivity contribution in [3.8, 4) is 23.0 Å². The number of oxazole rings is 1. The Morgan fingerprint density at radius 3 is 2.66 bits per heavy atom. The van der Waals surface area contributed by atoms with Gasteiger partial charge in [0, 0.05) is 11.4 Å². The van der Waals surface area contributed by atoms with E-state index in [4.69, 9.17) is 29.7 Å². The standard InChI is InChI=1S/C21H23N7O5S2/c1-12-9-24-20(33-12)13-7-14-15(32-11-31-14)8-16(13)34-21-27-17-18(22)25-10-26-19(17)28(21)5-3-2-4-6-35(23,29)30/h7-10H,2-6,11H2,1H3,(H2,22,25,26)(H2,23,29,30). The van der Waals surface area contributed by atoms with Crippen LogP contribution >= 0.6 is 11.8 Å². The molecule has 14 heteroatoms. The number of unbranched alkanes of at least 4 members (excludes halogenated alkanes) is 2. The Morgan fingerprint density at radius 2 is 1.91 bits per heavy atom. The van der Waals surface area contributed by atoms with Gasteiger partial charge in [0.25, 0.3) is 0 Å². The van der Waals surface area contributed by atoms with Crippen molar-refractivity contribution in [3.63, 3.8) is 0 Å². The second kappa shape index (κ2) is 9.36. The molecule has 1 aromatic carbocycles. The van der Waals surface area contributed by atoms with Gasteiger partial charge in [-0.05, 0) is 31.9 Å². The predicted octanol–water partition coefficient (Wildman–Crippen LogP) is 2.71. The van der Waals surface area contributed by atoms with Crippen LogP contribution in [-0.4, -0.2) is 45.5 Å². The van der Waals surface area contributed by atoms with Gasteiger partial charge in [0.15, 0.2) is 33.6 Å². The second-order valence-electron chi connectivity index (χ2n) is 7.98. The molecule has 35 heavy (non-hydrogen) atoms. The normalized spacial score (nSPS) is 13.1. The maximum Gasteiger partial charge on any atom is 0.231 e. The van der Waals surface area contributed by atoms with Gasteiger partial charge in [0.05, 0.1) is 17.5 Å². The summed E-state index contributed by atoms with van der Waals surface area (Å²) in [6.45, 7) is 2.52. The van der Waals surface area contributed by atoms with E-state index >= 15 is 0 Å². The first-order valence-corrected chi connectivity index (χ1v) is 13.3. The number of anilines is 1. The number of nitrogens with zero attached hydrogens (tertiary/aromatic N) is 5. The number of benzene rings is 1. The highest BCUT2D eigenvalue weighted by molar-refractivity contribution is 7.99. The Labute approximate surface area is 205 Å². The van der Waals surface area contributed by atoms with E-state index in [1.54, 1.807) is 6.20 Å². The molecule has 4 aromatic rings. The van der Waals surface area contributed by atoms with Gasteiger partial charge in [-0.25, -0.2) is 33.5 Å². The summed E-state index contributed by atoms with van der Waals surface area (Å²) >= 11 is 1.39. The zero-order chi connectivity index (χ0) is 24.6. The Balaban J connectivity index is 1.49. The smallest absolute Gasteiger partial charge is 0.231 e. The monoisotopic (exact) mass is 517 g/mol. The number of nitrogen functional groups attached to an aromatic ring is 1. The third-order valence-corrected chi connectivity index (χ3v) is 7.27. The number of hydrogen-bond acceptors (Lipinski definition) is 11. The SMILES string of the molecule is Cc1cnc(-c2cc3c(cc2Sc2nc4c(N)ncnc4n2CCCCCS(N)(=O)=O)OCO3)o1. The van der Waals surface area contributed by atoms with E-state index in [1.165, 1.54) is 18.1 Å². The van der Waals surface area contributed by atoms with Crippen LogP contribution in [0.5, 0.6) is 11.5 Å². The molecule has 1 aliphatic heterocycles. The van der Waals surface area contributed by atoms with Crippen molar-refractivity contribution in [2.45, 2.75) is 42.8 Å². The quantitative estimate of drug-likeness (QED) is 0.312. The number of primary sulfonamides is 1. The number of aromatic nitrogens is 5. The summed E-state index contributed by atoms with van der Waals surface area (Å²) in [4.78, 5) is 18.3. The Kier molecular flexibility index (Phi) is 6.25. The lowest BCUT2D eigenvalue weighted by Gasteiger charge is -2.11. The molecule has 0 radical (unpaired) electrons. The number of nitrogens with two attached hydrogens (primary N) is 2. The molecule has 5 rings (SSSR count). The summed E-state index contributed by atoms with van der Waals surface area (Å²) in [5.41, 5.74) is 7.90. The van der Waals surface area contributed by atoms with Crippen molar-refractivity contribution in [3.05, 3.63) is 30.4 Å². The van der Waals surface area contributed by atoms with Crippen LogP contribution in [0.3, 0.4) is 0 Å². The van der Waals surface area contributed by atoms with Crippen LogP contribution in [0.15, 0.2) is 39.1 Å². The molecule has 0 fully saturated rings. The van der Waals surface area contributed by atoms with E-state index in [2.05, 4.69) is 15.0 Å². The number of fused-ring (bicyclic) bond motifs is 2. The Bertz CT molecular complexity index is 1500. The Hall–Kier alpha value is -3.36. The van der Waals surface area contributed by atoms with Gasteiger partial charge in [-0.1, -0.05) is 18.2 Å². The first-order valence-electron chi connectivity index (χ1n) is 10.8. The minimum Gasteiger partial charge on any atom is -0.454 e. The molecule has 4 heterocycles. The fraction of sp³-hybridized carbons (Fsp3) is 0.333. The molecule has 0 unspecified atom stereocenters. The van der Waals surface area contributed by atoms with Crippen LogP contribution in [0, 0.1) is 6.92 Å². The molecule has 3 aromatic heterocycles. The molecule has 0 aliphatic carbocycles. The van der Waals surface area contributed by atoms with E-state index in [1.807, 2.05) is 23.6 Å². The molecule has 0 bridgehead atoms. The molecule has 4 N–H and O–H groups in total. The maximum atomic E-state index is 11.2. The summed E-state index contributed by atoms with van der Waals surface area (Å²) in [6.07, 6.45) is 4.90. The summed E-state index contributed by atoms with van der Waals surface area (Å²) < 4.78 is 41.3. The van der Waals surface area contributed by atoms with Crippen molar-refractivity contribution in [1.29, 1.82) is 0 Å². The summed E-state index contributed by atoms with van der Waals surface area (Å²) in [5.74, 6) is 2.59. The van der Waals surface area contributed by atoms with Crippen molar-refractivity contribution >= 4 is 38.8 Å². The van der Waals surface area contributed by atoms with E-state index in [0.717, 1.165) is 10.5 Å². The van der Waals surface area contributed by atoms with E-state index in [-0.39, 0.29) is 18.4 Å². The minimum absolute atomic E-state index is 0.0511. The third kappa shape index (κ3) is 5.04. The average molecular weight is 518 g/mol. The van der Waals surface area contributed by atoms with Crippen LogP contribution in [-0.2, 0) is 16.6 Å². The average Bonchev–Trinajstić information content (AvgIpc) is 3.52. The molecule has 0 atom stereocenters. The molecule has 0 saturated heterocycles. The van der Waals surface area contributed by atoms with Gasteiger partial charge in [-0.3, -0.25) is 0 Å². The largest absolute Gasteiger partial charge is 0.454 e. The topological polar surface area (TPSA) is 174 Å². The van der Waals surface area contributed by atoms with E-state index < -0.39 is 10.0 Å². The van der Waals surface area contributed by atoms with Crippen molar-refractivity contribution in [1.82, 2.24) is 24.5 Å². The number of sulfonamides is 1. The first kappa shape index (κ1) is 23.4. The summed E-state index contributed by atoms with van der Waals surface area (Å²) in [6, 6.07) is 3.71. The third-order valence-electron chi connectivity index (χ3n) is 5.36. The zero-order valence-corrected chi connectivity index (χ0v) is 20.4. The van der Waals surface area contributed by atoms with Crippen molar-refractivity contribution < 1.29 is 22.3 Å². The molecule has 1 aliphatic rings. The summed E-state index contributed by atoms with van der Waals surface area (Å²) in [7, 11) is -3.48. The van der Waals surface area contributed by atoms with Gasteiger partial charge in [0.1, 0.15) is 12.1 Å². The lowest BCUT2D eigenvalue weighted by Crippen LogP contribution is -2.16. The van der Waals surface area contributed by atoms with E-state index in [9.17, 15) is 8.42 Å². The van der Waals surface area contributed by atoms with Crippen LogP contribution in [0.2, 0.25) is 0 Å². The van der Waals surface area contributed by atoms with Gasteiger partial charge < -0.3 is 24.2 Å². The van der Waals surface area contributed by atoms with Crippen LogP contribution in [0.1, 0.15) is 25.0 Å². The lowest BCUT2D eigenvalue weighted by molar-refractivity contribution is 0.174. The van der Waals surface area contributed by atoms with Crippen LogP contribution in [0.4, 0.5) is 5.82 Å². The number of ether oxygens (including phenoxy) is 2. The first-order chi connectivity index (χ1) is 16.8. The number of imidazole rings is 1. The number of rotatable bonds is 9. The second-order valence-corrected chi connectivity index (χ2v) is 10.7. The molecular weight excluding hydrogens is 494 g/mol. The fourth-order valence-corrected chi connectivity index (χ4v) is 5.37. The molecule has 12 nitrogen and oxygen atoms in total. The Morgan fingerprint density at radius 1 is 1.11 bits per heavy atom. The highest BCUT2D eigenvalue weighted by atomic mass is 32.2. The fourth-order valence-electron chi connectivity index (χ4n) is 3.72. The van der Waals surface area contributed by atoms with Gasteiger partial charge >= 0.3 is 0 Å². The predicted molar refractivity (Wildman–Crippen MR) is 128 cm³/mol. The zero-order valence-electron chi connectivity index (χ0n) is 18.8. The van der Waals surface area contributed by atoms with Crippen molar-refractivity contribution in [2.75, 3.05) is 18.3 Å². The van der Waals surface area contributed by atoms with Crippen molar-refractivity contribution in [2.24, 2.45) is 5.14 Å². The van der Waals surface area contributed by atoms with Crippen LogP contribution < -0.4 is 20.3 Å². The van der Waals surface area contributed by atoms with Gasteiger partial charge in [-0.15, -0.1) is 0 Å². The highest BCUT2D eigenvalue weighted by Gasteiger charge is 2.24. The lowest BCUT2D eigenvalue weighted by atomic mass is 10.2. The highest BCUT2D eigenvalue weighted by Crippen LogP contribution is 2.44. The number of hydrogen-bond donors (Lipinski definition) is 2. The summed E-state index contributed by atoms with van der Waals surface area (Å²) in [5, 5.41) is 5.75. The van der Waals surface area contributed by atoms with Gasteiger partial charge in [0.2, 0.25) is 22.7 Å². The number of aryl methyl sites for hydroxylation is 2. The maximum absolute atomic E-state index is 11.2. The molecule has 0 amide bonds. The molecular formula is C21H23N7O5S2. The minimum atomic E-state index is -3.48. The van der Waals surface area contributed by atoms with E-state index in [0.29, 0.717) is 65.3 Å². The molecule has 0 saturated carbocycles. The van der Waals surface area contributed by atoms with Gasteiger partial charge in [-0.2, -0.15) is 0 Å². The molecule has 184 valence electrons.